The summed E-state index contributed by atoms with van der Waals surface area (Å²) in [5.41, 5.74) is -0.102. The van der Waals surface area contributed by atoms with Crippen LogP contribution in [-0.2, 0) is 16.9 Å². The molecular formula is C12H21N3O2. The van der Waals surface area contributed by atoms with Crippen molar-refractivity contribution in [1.82, 2.24) is 14.8 Å². The van der Waals surface area contributed by atoms with E-state index in [1.165, 1.54) is 0 Å². The van der Waals surface area contributed by atoms with E-state index in [0.717, 1.165) is 31.9 Å². The van der Waals surface area contributed by atoms with Crippen LogP contribution in [0.25, 0.3) is 0 Å². The Morgan fingerprint density at radius 3 is 2.47 bits per heavy atom. The molecule has 5 nitrogen and oxygen atoms in total. The normalized spacial score (nSPS) is 18.6. The van der Waals surface area contributed by atoms with Crippen LogP contribution in [0.3, 0.4) is 0 Å². The van der Waals surface area contributed by atoms with Crippen LogP contribution in [0.2, 0.25) is 0 Å². The zero-order valence-corrected chi connectivity index (χ0v) is 10.8. The van der Waals surface area contributed by atoms with E-state index in [1.54, 1.807) is 0 Å². The molecule has 0 amide bonds. The fourth-order valence-electron chi connectivity index (χ4n) is 2.38. The molecule has 0 aromatic carbocycles. The summed E-state index contributed by atoms with van der Waals surface area (Å²) in [7, 11) is 0. The van der Waals surface area contributed by atoms with Gasteiger partial charge in [0, 0.05) is 24.7 Å². The van der Waals surface area contributed by atoms with E-state index in [2.05, 4.69) is 35.5 Å². The third kappa shape index (κ3) is 2.50. The van der Waals surface area contributed by atoms with Crippen molar-refractivity contribution >= 4 is 0 Å². The van der Waals surface area contributed by atoms with E-state index >= 15 is 0 Å². The first-order valence-corrected chi connectivity index (χ1v) is 6.17. The number of hydrogen-bond donors (Lipinski definition) is 1. The van der Waals surface area contributed by atoms with Gasteiger partial charge in [0.2, 0.25) is 0 Å². The van der Waals surface area contributed by atoms with E-state index in [1.807, 2.05) is 0 Å². The minimum atomic E-state index is -0.102. The lowest BCUT2D eigenvalue weighted by Gasteiger charge is -2.29. The van der Waals surface area contributed by atoms with Gasteiger partial charge in [-0.1, -0.05) is 0 Å². The molecule has 1 aliphatic rings. The van der Waals surface area contributed by atoms with Gasteiger partial charge in [-0.15, -0.1) is 10.2 Å². The third-order valence-electron chi connectivity index (χ3n) is 3.15. The van der Waals surface area contributed by atoms with Crippen molar-refractivity contribution in [3.63, 3.8) is 0 Å². The summed E-state index contributed by atoms with van der Waals surface area (Å²) in [5.74, 6) is 2.04. The van der Waals surface area contributed by atoms with Gasteiger partial charge < -0.3 is 14.4 Å². The van der Waals surface area contributed by atoms with Crippen molar-refractivity contribution in [2.24, 2.45) is 0 Å². The van der Waals surface area contributed by atoms with Crippen molar-refractivity contribution < 1.29 is 9.84 Å². The first-order valence-electron chi connectivity index (χ1n) is 6.17. The van der Waals surface area contributed by atoms with E-state index < -0.39 is 0 Å². The minimum Gasteiger partial charge on any atom is -0.388 e. The molecule has 0 saturated carbocycles. The molecule has 1 aliphatic heterocycles. The number of ether oxygens (including phenoxy) is 1. The van der Waals surface area contributed by atoms with Crippen LogP contribution in [0.15, 0.2) is 0 Å². The zero-order valence-electron chi connectivity index (χ0n) is 10.8. The Balaban J connectivity index is 2.36. The molecule has 2 heterocycles. The first kappa shape index (κ1) is 12.5. The minimum absolute atomic E-state index is 0.0620. The maximum Gasteiger partial charge on any atom is 0.159 e. The first-order chi connectivity index (χ1) is 8.04. The second kappa shape index (κ2) is 4.74. The SMILES string of the molecule is CC(C)(C)n1c(CO)nnc1C1CCOCC1. The van der Waals surface area contributed by atoms with Gasteiger partial charge in [-0.25, -0.2) is 0 Å². The smallest absolute Gasteiger partial charge is 0.159 e. The zero-order chi connectivity index (χ0) is 12.5. The predicted octanol–water partition coefficient (Wildman–Crippen LogP) is 1.42. The van der Waals surface area contributed by atoms with Crippen LogP contribution >= 0.6 is 0 Å². The van der Waals surface area contributed by atoms with Crippen molar-refractivity contribution in [2.45, 2.75) is 51.7 Å². The molecule has 0 spiro atoms. The van der Waals surface area contributed by atoms with Crippen LogP contribution in [0, 0.1) is 0 Å². The van der Waals surface area contributed by atoms with Crippen LogP contribution in [-0.4, -0.2) is 33.1 Å². The van der Waals surface area contributed by atoms with Gasteiger partial charge in [0.1, 0.15) is 12.4 Å². The maximum absolute atomic E-state index is 9.35. The van der Waals surface area contributed by atoms with E-state index in [9.17, 15) is 5.11 Å². The highest BCUT2D eigenvalue weighted by Crippen LogP contribution is 2.29. The second-order valence-electron chi connectivity index (χ2n) is 5.53. The summed E-state index contributed by atoms with van der Waals surface area (Å²) < 4.78 is 7.45. The average Bonchev–Trinajstić information content (AvgIpc) is 2.73. The second-order valence-corrected chi connectivity index (χ2v) is 5.53. The molecule has 0 aliphatic carbocycles. The molecule has 0 radical (unpaired) electrons. The van der Waals surface area contributed by atoms with Gasteiger partial charge in [0.15, 0.2) is 5.82 Å². The highest BCUT2D eigenvalue weighted by molar-refractivity contribution is 5.06. The van der Waals surface area contributed by atoms with Crippen LogP contribution in [0.5, 0.6) is 0 Å². The monoisotopic (exact) mass is 239 g/mol. The standard InChI is InChI=1S/C12H21N3O2/c1-12(2,3)15-10(8-16)13-14-11(15)9-4-6-17-7-5-9/h9,16H,4-8H2,1-3H3. The fraction of sp³-hybridized carbons (Fsp3) is 0.833. The fourth-order valence-corrected chi connectivity index (χ4v) is 2.38. The Kier molecular flexibility index (Phi) is 3.49. The van der Waals surface area contributed by atoms with Gasteiger partial charge in [-0.05, 0) is 33.6 Å². The molecule has 1 aromatic heterocycles. The van der Waals surface area contributed by atoms with Gasteiger partial charge >= 0.3 is 0 Å². The Morgan fingerprint density at radius 1 is 1.29 bits per heavy atom. The summed E-state index contributed by atoms with van der Waals surface area (Å²) in [6.45, 7) is 7.84. The van der Waals surface area contributed by atoms with Gasteiger partial charge in [-0.2, -0.15) is 0 Å². The van der Waals surface area contributed by atoms with E-state index in [0.29, 0.717) is 11.7 Å². The highest BCUT2D eigenvalue weighted by Gasteiger charge is 2.28. The van der Waals surface area contributed by atoms with E-state index in [-0.39, 0.29) is 12.1 Å². The van der Waals surface area contributed by atoms with Crippen LogP contribution < -0.4 is 0 Å². The maximum atomic E-state index is 9.35. The summed E-state index contributed by atoms with van der Waals surface area (Å²) in [5, 5.41) is 17.7. The number of aliphatic hydroxyl groups excluding tert-OH is 1. The summed E-state index contributed by atoms with van der Waals surface area (Å²) >= 11 is 0. The summed E-state index contributed by atoms with van der Waals surface area (Å²) in [6, 6.07) is 0. The molecule has 2 rings (SSSR count). The molecule has 0 unspecified atom stereocenters. The lowest BCUT2D eigenvalue weighted by atomic mass is 9.97. The number of nitrogens with zero attached hydrogens (tertiary/aromatic N) is 3. The Labute approximate surface area is 102 Å². The van der Waals surface area contributed by atoms with Crippen LogP contribution in [0.4, 0.5) is 0 Å². The Bertz CT molecular complexity index is 376. The van der Waals surface area contributed by atoms with Gasteiger partial charge in [-0.3, -0.25) is 0 Å². The van der Waals surface area contributed by atoms with Crippen molar-refractivity contribution in [1.29, 1.82) is 0 Å². The molecule has 0 bridgehead atoms. The lowest BCUT2D eigenvalue weighted by Crippen LogP contribution is -2.29. The Hall–Kier alpha value is -0.940. The predicted molar refractivity (Wildman–Crippen MR) is 63.7 cm³/mol. The van der Waals surface area contributed by atoms with E-state index in [4.69, 9.17) is 4.74 Å². The molecule has 96 valence electrons. The molecule has 1 saturated heterocycles. The molecule has 1 aromatic rings. The molecule has 0 atom stereocenters. The molecule has 17 heavy (non-hydrogen) atoms. The number of aromatic nitrogens is 3. The van der Waals surface area contributed by atoms with Crippen molar-refractivity contribution in [3.05, 3.63) is 11.6 Å². The summed E-state index contributed by atoms with van der Waals surface area (Å²) in [4.78, 5) is 0. The highest BCUT2D eigenvalue weighted by atomic mass is 16.5. The average molecular weight is 239 g/mol. The third-order valence-corrected chi connectivity index (χ3v) is 3.15. The van der Waals surface area contributed by atoms with Gasteiger partial charge in [0.25, 0.3) is 0 Å². The topological polar surface area (TPSA) is 60.2 Å². The van der Waals surface area contributed by atoms with Crippen molar-refractivity contribution in [3.8, 4) is 0 Å². The number of hydrogen-bond acceptors (Lipinski definition) is 4. The largest absolute Gasteiger partial charge is 0.388 e. The van der Waals surface area contributed by atoms with Gasteiger partial charge in [0.05, 0.1) is 0 Å². The quantitative estimate of drug-likeness (QED) is 0.848. The number of aliphatic hydroxyl groups is 1. The molecule has 1 N–H and O–H groups in total. The molecule has 1 fully saturated rings. The Morgan fingerprint density at radius 2 is 1.94 bits per heavy atom. The van der Waals surface area contributed by atoms with Crippen LogP contribution in [0.1, 0.15) is 51.2 Å². The molecule has 5 heteroatoms. The lowest BCUT2D eigenvalue weighted by molar-refractivity contribution is 0.0815. The molecular weight excluding hydrogens is 218 g/mol. The summed E-state index contributed by atoms with van der Waals surface area (Å²) in [6.07, 6.45) is 1.97. The number of rotatable bonds is 2. The van der Waals surface area contributed by atoms with Crippen molar-refractivity contribution in [2.75, 3.05) is 13.2 Å².